The Hall–Kier alpha value is -2.64. The molecule has 98 valence electrons. The maximum atomic E-state index is 5.71. The molecule has 0 unspecified atom stereocenters. The molecule has 0 aliphatic carbocycles. The maximum Gasteiger partial charge on any atom is 0.283 e. The fourth-order valence-electron chi connectivity index (χ4n) is 1.78. The van der Waals surface area contributed by atoms with Crippen LogP contribution in [0.15, 0.2) is 27.2 Å². The van der Waals surface area contributed by atoms with Gasteiger partial charge in [-0.3, -0.25) is 0 Å². The number of nitrogen functional groups attached to an aromatic ring is 1. The van der Waals surface area contributed by atoms with Crippen LogP contribution < -0.4 is 5.73 Å². The minimum absolute atomic E-state index is 0.334. The Morgan fingerprint density at radius 1 is 1.32 bits per heavy atom. The van der Waals surface area contributed by atoms with Crippen LogP contribution in [0.4, 0.5) is 5.82 Å². The van der Waals surface area contributed by atoms with Crippen LogP contribution in [0.5, 0.6) is 0 Å². The van der Waals surface area contributed by atoms with Gasteiger partial charge in [-0.2, -0.15) is 0 Å². The van der Waals surface area contributed by atoms with Crippen molar-refractivity contribution in [3.05, 3.63) is 30.0 Å². The normalized spacial score (nSPS) is 11.0. The summed E-state index contributed by atoms with van der Waals surface area (Å²) < 4.78 is 12.3. The lowest BCUT2D eigenvalue weighted by molar-refractivity contribution is 0.450. The van der Waals surface area contributed by atoms with E-state index in [-0.39, 0.29) is 0 Å². The van der Waals surface area contributed by atoms with E-state index in [1.54, 1.807) is 23.1 Å². The van der Waals surface area contributed by atoms with Gasteiger partial charge in [0.15, 0.2) is 11.6 Å². The highest BCUT2D eigenvalue weighted by Gasteiger charge is 2.14. The molecule has 0 aliphatic heterocycles. The van der Waals surface area contributed by atoms with Gasteiger partial charge in [0.25, 0.3) is 5.89 Å². The van der Waals surface area contributed by atoms with Gasteiger partial charge in [-0.25, -0.2) is 4.68 Å². The zero-order valence-corrected chi connectivity index (χ0v) is 10.3. The van der Waals surface area contributed by atoms with Crippen molar-refractivity contribution >= 4 is 5.82 Å². The lowest BCUT2D eigenvalue weighted by Crippen LogP contribution is -2.07. The van der Waals surface area contributed by atoms with Gasteiger partial charge < -0.3 is 14.6 Å². The minimum atomic E-state index is 0.334. The Bertz CT molecular complexity index is 669. The van der Waals surface area contributed by atoms with Crippen molar-refractivity contribution in [2.75, 3.05) is 5.73 Å². The molecule has 0 spiro atoms. The third-order valence-corrected chi connectivity index (χ3v) is 2.69. The summed E-state index contributed by atoms with van der Waals surface area (Å²) in [5, 5.41) is 15.6. The van der Waals surface area contributed by atoms with Crippen molar-refractivity contribution < 1.29 is 8.83 Å². The number of aromatic nitrogens is 5. The fourth-order valence-corrected chi connectivity index (χ4v) is 1.78. The van der Waals surface area contributed by atoms with Gasteiger partial charge in [0, 0.05) is 0 Å². The Labute approximate surface area is 108 Å². The van der Waals surface area contributed by atoms with Gasteiger partial charge in [-0.05, 0) is 18.6 Å². The predicted molar refractivity (Wildman–Crippen MR) is 64.9 cm³/mol. The monoisotopic (exact) mass is 260 g/mol. The van der Waals surface area contributed by atoms with Gasteiger partial charge in [-0.1, -0.05) is 12.1 Å². The summed E-state index contributed by atoms with van der Waals surface area (Å²) in [5.41, 5.74) is 6.56. The van der Waals surface area contributed by atoms with Gasteiger partial charge in [-0.15, -0.1) is 15.3 Å². The smallest absolute Gasteiger partial charge is 0.283 e. The van der Waals surface area contributed by atoms with Crippen LogP contribution in [-0.4, -0.2) is 25.2 Å². The molecule has 0 radical (unpaired) electrons. The van der Waals surface area contributed by atoms with E-state index in [1.165, 1.54) is 0 Å². The quantitative estimate of drug-likeness (QED) is 0.748. The summed E-state index contributed by atoms with van der Waals surface area (Å²) in [6.45, 7) is 2.31. The molecule has 3 heterocycles. The highest BCUT2D eigenvalue weighted by Crippen LogP contribution is 2.18. The number of furan rings is 1. The molecule has 8 nitrogen and oxygen atoms in total. The molecule has 0 saturated heterocycles. The minimum Gasteiger partial charge on any atom is -0.459 e. The van der Waals surface area contributed by atoms with E-state index in [0.29, 0.717) is 29.9 Å². The summed E-state index contributed by atoms with van der Waals surface area (Å²) in [6, 6.07) is 3.51. The summed E-state index contributed by atoms with van der Waals surface area (Å²) in [4.78, 5) is 0. The second-order valence-corrected chi connectivity index (χ2v) is 3.91. The van der Waals surface area contributed by atoms with Crippen molar-refractivity contribution in [3.63, 3.8) is 0 Å². The highest BCUT2D eigenvalue weighted by atomic mass is 16.4. The number of nitrogens with two attached hydrogens (primary N) is 1. The molecule has 3 aromatic rings. The molecule has 3 aromatic heterocycles. The van der Waals surface area contributed by atoms with E-state index in [9.17, 15) is 0 Å². The fraction of sp³-hybridized carbons (Fsp3) is 0.273. The van der Waals surface area contributed by atoms with Crippen LogP contribution >= 0.6 is 0 Å². The topological polar surface area (TPSA) is 109 Å². The van der Waals surface area contributed by atoms with Gasteiger partial charge in [0.2, 0.25) is 5.89 Å². The molecular formula is C11H12N6O2. The van der Waals surface area contributed by atoms with E-state index in [0.717, 1.165) is 12.1 Å². The van der Waals surface area contributed by atoms with Gasteiger partial charge in [0.1, 0.15) is 6.54 Å². The first-order valence-corrected chi connectivity index (χ1v) is 5.82. The molecule has 0 amide bonds. The lowest BCUT2D eigenvalue weighted by Gasteiger charge is -2.00. The number of nitrogens with zero attached hydrogens (tertiary/aromatic N) is 5. The first-order chi connectivity index (χ1) is 9.28. The molecule has 19 heavy (non-hydrogen) atoms. The summed E-state index contributed by atoms with van der Waals surface area (Å²) in [7, 11) is 0. The standard InChI is InChI=1S/C11H12N6O2/c1-2-7-10(12)14-16-17(7)6-9-13-15-11(19-9)8-4-3-5-18-8/h3-5H,2,6,12H2,1H3. The first-order valence-electron chi connectivity index (χ1n) is 5.82. The Morgan fingerprint density at radius 2 is 2.21 bits per heavy atom. The molecule has 0 saturated carbocycles. The molecule has 2 N–H and O–H groups in total. The molecule has 0 bridgehead atoms. The average molecular weight is 260 g/mol. The molecule has 0 aromatic carbocycles. The highest BCUT2D eigenvalue weighted by molar-refractivity contribution is 5.42. The zero-order chi connectivity index (χ0) is 13.2. The molecule has 0 aliphatic rings. The first kappa shape index (κ1) is 11.5. The molecular weight excluding hydrogens is 248 g/mol. The van der Waals surface area contributed by atoms with Crippen molar-refractivity contribution in [3.8, 4) is 11.7 Å². The molecule has 0 atom stereocenters. The molecule has 3 rings (SSSR count). The lowest BCUT2D eigenvalue weighted by atomic mass is 10.3. The Kier molecular flexibility index (Phi) is 2.75. The van der Waals surface area contributed by atoms with E-state index in [2.05, 4.69) is 20.5 Å². The summed E-state index contributed by atoms with van der Waals surface area (Å²) >= 11 is 0. The SMILES string of the molecule is CCc1c(N)nnn1Cc1nnc(-c2ccco2)o1. The van der Waals surface area contributed by atoms with Crippen molar-refractivity contribution in [1.29, 1.82) is 0 Å². The van der Waals surface area contributed by atoms with Crippen molar-refractivity contribution in [1.82, 2.24) is 25.2 Å². The van der Waals surface area contributed by atoms with E-state index in [4.69, 9.17) is 14.6 Å². The number of hydrogen-bond donors (Lipinski definition) is 1. The Morgan fingerprint density at radius 3 is 2.95 bits per heavy atom. The van der Waals surface area contributed by atoms with Gasteiger partial charge >= 0.3 is 0 Å². The van der Waals surface area contributed by atoms with Gasteiger partial charge in [0.05, 0.1) is 12.0 Å². The van der Waals surface area contributed by atoms with E-state index < -0.39 is 0 Å². The van der Waals surface area contributed by atoms with Crippen LogP contribution in [0.2, 0.25) is 0 Å². The van der Waals surface area contributed by atoms with Crippen molar-refractivity contribution in [2.45, 2.75) is 19.9 Å². The second kappa shape index (κ2) is 4.56. The van der Waals surface area contributed by atoms with Crippen LogP contribution in [0.1, 0.15) is 18.5 Å². The van der Waals surface area contributed by atoms with E-state index >= 15 is 0 Å². The third-order valence-electron chi connectivity index (χ3n) is 2.69. The van der Waals surface area contributed by atoms with Crippen LogP contribution in [0.3, 0.4) is 0 Å². The summed E-state index contributed by atoms with van der Waals surface area (Å²) in [6.07, 6.45) is 2.28. The number of anilines is 1. The van der Waals surface area contributed by atoms with Crippen LogP contribution in [0.25, 0.3) is 11.7 Å². The second-order valence-electron chi connectivity index (χ2n) is 3.91. The predicted octanol–water partition coefficient (Wildman–Crippen LogP) is 1.11. The largest absolute Gasteiger partial charge is 0.459 e. The van der Waals surface area contributed by atoms with E-state index in [1.807, 2.05) is 6.92 Å². The van der Waals surface area contributed by atoms with Crippen molar-refractivity contribution in [2.24, 2.45) is 0 Å². The van der Waals surface area contributed by atoms with Crippen LogP contribution in [0, 0.1) is 0 Å². The zero-order valence-electron chi connectivity index (χ0n) is 10.3. The third kappa shape index (κ3) is 2.07. The number of rotatable bonds is 4. The summed E-state index contributed by atoms with van der Waals surface area (Å²) in [5.74, 6) is 1.72. The Balaban J connectivity index is 1.84. The number of hydrogen-bond acceptors (Lipinski definition) is 7. The van der Waals surface area contributed by atoms with Crippen LogP contribution in [-0.2, 0) is 13.0 Å². The average Bonchev–Trinajstić information content (AvgIpc) is 3.11. The molecule has 0 fully saturated rings. The molecule has 8 heteroatoms. The maximum absolute atomic E-state index is 5.71.